The van der Waals surface area contributed by atoms with E-state index in [0.29, 0.717) is 20.8 Å². The number of aromatic nitrogens is 1. The number of anilines is 2. The molecule has 0 saturated carbocycles. The number of carbonyl (C=O) groups excluding carboxylic acids is 1. The molecule has 2 aromatic carbocycles. The lowest BCUT2D eigenvalue weighted by Gasteiger charge is -2.02. The fourth-order valence-electron chi connectivity index (χ4n) is 2.27. The molecule has 0 aliphatic rings. The highest BCUT2D eigenvalue weighted by Gasteiger charge is 2.14. The lowest BCUT2D eigenvalue weighted by molar-refractivity contribution is -0.114. The molecule has 1 heterocycles. The predicted octanol–water partition coefficient (Wildman–Crippen LogP) is 5.18. The number of nitrogens with one attached hydrogen (secondary N) is 2. The summed E-state index contributed by atoms with van der Waals surface area (Å²) in [5, 5.41) is 8.94. The van der Waals surface area contributed by atoms with Crippen LogP contribution in [0, 0.1) is 6.92 Å². The van der Waals surface area contributed by atoms with E-state index in [1.165, 1.54) is 18.3 Å². The molecule has 3 rings (SSSR count). The fraction of sp³-hybridized carbons (Fsp3) is 0.105. The summed E-state index contributed by atoms with van der Waals surface area (Å²) in [6.07, 6.45) is 1.66. The molecule has 0 aliphatic heterocycles. The van der Waals surface area contributed by atoms with Crippen molar-refractivity contribution in [3.05, 3.63) is 64.7 Å². The zero-order valence-electron chi connectivity index (χ0n) is 14.3. The molecule has 0 saturated heterocycles. The minimum absolute atomic E-state index is 0.143. The second-order valence-corrected chi connectivity index (χ2v) is 7.10. The van der Waals surface area contributed by atoms with Gasteiger partial charge in [-0.2, -0.15) is 5.10 Å². The molecule has 2 N–H and O–H groups in total. The Morgan fingerprint density at radius 2 is 2.00 bits per heavy atom. The molecule has 0 spiro atoms. The van der Waals surface area contributed by atoms with Gasteiger partial charge in [0, 0.05) is 17.5 Å². The molecule has 1 amide bonds. The highest BCUT2D eigenvalue weighted by molar-refractivity contribution is 7.20. The third-order valence-electron chi connectivity index (χ3n) is 3.46. The van der Waals surface area contributed by atoms with E-state index in [0.717, 1.165) is 16.7 Å². The van der Waals surface area contributed by atoms with Crippen molar-refractivity contribution in [2.45, 2.75) is 13.8 Å². The van der Waals surface area contributed by atoms with Gasteiger partial charge in [0.2, 0.25) is 11.0 Å². The maximum Gasteiger partial charge on any atom is 0.221 e. The van der Waals surface area contributed by atoms with Gasteiger partial charge in [0.05, 0.1) is 6.21 Å². The average Bonchev–Trinajstić information content (AvgIpc) is 2.97. The van der Waals surface area contributed by atoms with Crippen molar-refractivity contribution in [3.8, 4) is 11.3 Å². The number of rotatable bonds is 5. The number of benzene rings is 2. The Kier molecular flexibility index (Phi) is 5.65. The highest BCUT2D eigenvalue weighted by atomic mass is 35.5. The van der Waals surface area contributed by atoms with E-state index in [1.807, 2.05) is 49.4 Å². The third kappa shape index (κ3) is 4.68. The lowest BCUT2D eigenvalue weighted by Crippen LogP contribution is -2.05. The van der Waals surface area contributed by atoms with Gasteiger partial charge in [-0.25, -0.2) is 4.98 Å². The van der Waals surface area contributed by atoms with Gasteiger partial charge in [-0.1, -0.05) is 64.9 Å². The summed E-state index contributed by atoms with van der Waals surface area (Å²) in [5.41, 5.74) is 6.60. The van der Waals surface area contributed by atoms with Crippen molar-refractivity contribution in [2.24, 2.45) is 5.10 Å². The van der Waals surface area contributed by atoms with E-state index in [9.17, 15) is 4.79 Å². The Morgan fingerprint density at radius 3 is 2.69 bits per heavy atom. The summed E-state index contributed by atoms with van der Waals surface area (Å²) in [7, 11) is 0. The number of amides is 1. The summed E-state index contributed by atoms with van der Waals surface area (Å²) in [5.74, 6) is -0.143. The van der Waals surface area contributed by atoms with Gasteiger partial charge in [-0.05, 0) is 24.6 Å². The Labute approximate surface area is 160 Å². The summed E-state index contributed by atoms with van der Waals surface area (Å²) in [6.45, 7) is 3.50. The molecule has 0 unspecified atom stereocenters. The van der Waals surface area contributed by atoms with Crippen LogP contribution in [0.5, 0.6) is 0 Å². The number of aryl methyl sites for hydroxylation is 1. The maximum absolute atomic E-state index is 11.5. The Hall–Kier alpha value is -2.70. The first-order chi connectivity index (χ1) is 12.5. The number of hydrogen-bond donors (Lipinski definition) is 2. The Balaban J connectivity index is 1.83. The van der Waals surface area contributed by atoms with Gasteiger partial charge in [0.15, 0.2) is 0 Å². The van der Waals surface area contributed by atoms with Gasteiger partial charge < -0.3 is 5.32 Å². The first-order valence-corrected chi connectivity index (χ1v) is 9.11. The first kappa shape index (κ1) is 18.1. The Morgan fingerprint density at radius 1 is 1.23 bits per heavy atom. The van der Waals surface area contributed by atoms with Crippen LogP contribution in [0.1, 0.15) is 18.1 Å². The standard InChI is InChI=1S/C19H17ClN4OS/c1-12-6-8-15(9-7-12)17-18(22-13(2)25)26-19(23-17)24-21-11-14-4-3-5-16(20)10-14/h3-11H,1-2H3,(H,22,25)(H,23,24)/b21-11-. The van der Waals surface area contributed by atoms with Crippen LogP contribution in [0.15, 0.2) is 53.6 Å². The Bertz CT molecular complexity index is 950. The number of hydrazone groups is 1. The monoisotopic (exact) mass is 384 g/mol. The van der Waals surface area contributed by atoms with Gasteiger partial charge in [0.1, 0.15) is 10.7 Å². The fourth-order valence-corrected chi connectivity index (χ4v) is 3.35. The normalized spacial score (nSPS) is 10.9. The van der Waals surface area contributed by atoms with Gasteiger partial charge in [0.25, 0.3) is 0 Å². The quantitative estimate of drug-likeness (QED) is 0.470. The van der Waals surface area contributed by atoms with Gasteiger partial charge >= 0.3 is 0 Å². The van der Waals surface area contributed by atoms with E-state index < -0.39 is 0 Å². The molecule has 132 valence electrons. The molecule has 7 heteroatoms. The van der Waals surface area contributed by atoms with E-state index >= 15 is 0 Å². The summed E-state index contributed by atoms with van der Waals surface area (Å²) in [6, 6.07) is 15.4. The molecule has 0 atom stereocenters. The molecular weight excluding hydrogens is 368 g/mol. The molecule has 0 bridgehead atoms. The van der Waals surface area contributed by atoms with Crippen LogP contribution < -0.4 is 10.7 Å². The van der Waals surface area contributed by atoms with E-state index in [4.69, 9.17) is 11.6 Å². The van der Waals surface area contributed by atoms with Crippen molar-refractivity contribution < 1.29 is 4.79 Å². The molecule has 5 nitrogen and oxygen atoms in total. The zero-order chi connectivity index (χ0) is 18.5. The van der Waals surface area contributed by atoms with Gasteiger partial charge in [-0.3, -0.25) is 10.2 Å². The topological polar surface area (TPSA) is 66.4 Å². The van der Waals surface area contributed by atoms with E-state index in [2.05, 4.69) is 20.8 Å². The van der Waals surface area contributed by atoms with Crippen LogP contribution in [-0.4, -0.2) is 17.1 Å². The molecule has 0 aliphatic carbocycles. The summed E-state index contributed by atoms with van der Waals surface area (Å²) >= 11 is 7.29. The predicted molar refractivity (Wildman–Crippen MR) is 109 cm³/mol. The molecule has 1 aromatic heterocycles. The average molecular weight is 385 g/mol. The van der Waals surface area contributed by atoms with Crippen LogP contribution in [0.4, 0.5) is 10.1 Å². The van der Waals surface area contributed by atoms with Crippen LogP contribution in [0.2, 0.25) is 5.02 Å². The molecule has 3 aromatic rings. The molecule has 26 heavy (non-hydrogen) atoms. The van der Waals surface area contributed by atoms with Crippen molar-refractivity contribution in [1.29, 1.82) is 0 Å². The van der Waals surface area contributed by atoms with Crippen LogP contribution in [-0.2, 0) is 4.79 Å². The van der Waals surface area contributed by atoms with Crippen LogP contribution in [0.3, 0.4) is 0 Å². The molecule has 0 radical (unpaired) electrons. The van der Waals surface area contributed by atoms with E-state index in [1.54, 1.807) is 12.3 Å². The lowest BCUT2D eigenvalue weighted by atomic mass is 10.1. The number of halogens is 1. The summed E-state index contributed by atoms with van der Waals surface area (Å²) in [4.78, 5) is 16.1. The zero-order valence-corrected chi connectivity index (χ0v) is 15.9. The number of hydrogen-bond acceptors (Lipinski definition) is 5. The largest absolute Gasteiger partial charge is 0.316 e. The SMILES string of the molecule is CC(=O)Nc1sc(N/N=C\c2cccc(Cl)c2)nc1-c1ccc(C)cc1. The maximum atomic E-state index is 11.5. The van der Waals surface area contributed by atoms with Gasteiger partial charge in [-0.15, -0.1) is 0 Å². The second kappa shape index (κ2) is 8.12. The minimum atomic E-state index is -0.143. The smallest absolute Gasteiger partial charge is 0.221 e. The van der Waals surface area contributed by atoms with E-state index in [-0.39, 0.29) is 5.91 Å². The first-order valence-electron chi connectivity index (χ1n) is 7.91. The van der Waals surface area contributed by atoms with Crippen LogP contribution in [0.25, 0.3) is 11.3 Å². The number of nitrogens with zero attached hydrogens (tertiary/aromatic N) is 2. The highest BCUT2D eigenvalue weighted by Crippen LogP contribution is 2.36. The van der Waals surface area contributed by atoms with Crippen molar-refractivity contribution in [2.75, 3.05) is 10.7 Å². The minimum Gasteiger partial charge on any atom is -0.316 e. The summed E-state index contributed by atoms with van der Waals surface area (Å²) < 4.78 is 0. The van der Waals surface area contributed by atoms with Crippen LogP contribution >= 0.6 is 22.9 Å². The van der Waals surface area contributed by atoms with Crippen molar-refractivity contribution in [1.82, 2.24) is 4.98 Å². The molecule has 0 fully saturated rings. The van der Waals surface area contributed by atoms with Crippen molar-refractivity contribution >= 4 is 45.2 Å². The number of thiazole rings is 1. The van der Waals surface area contributed by atoms with Crippen molar-refractivity contribution in [3.63, 3.8) is 0 Å². The second-order valence-electron chi connectivity index (χ2n) is 5.67. The number of carbonyl (C=O) groups is 1. The third-order valence-corrected chi connectivity index (χ3v) is 4.57. The molecular formula is C19H17ClN4OS.